The molecular weight excluding hydrogens is 318 g/mol. The second kappa shape index (κ2) is 7.37. The summed E-state index contributed by atoms with van der Waals surface area (Å²) in [6.07, 6.45) is 5.04. The third-order valence-corrected chi connectivity index (χ3v) is 4.70. The molecule has 3 heterocycles. The molecule has 0 aromatic carbocycles. The average molecular weight is 345 g/mol. The number of imidazole rings is 1. The number of aryl methyl sites for hydroxylation is 3. The predicted molar refractivity (Wildman–Crippen MR) is 93.2 cm³/mol. The molecule has 7 heteroatoms. The fraction of sp³-hybridized carbons (Fsp3) is 0.667. The van der Waals surface area contributed by atoms with Crippen LogP contribution in [0.5, 0.6) is 0 Å². The van der Waals surface area contributed by atoms with E-state index in [1.807, 2.05) is 38.9 Å². The van der Waals surface area contributed by atoms with Gasteiger partial charge in [-0.2, -0.15) is 0 Å². The molecule has 1 amide bonds. The largest absolute Gasteiger partial charge is 0.425 e. The Kier molecular flexibility index (Phi) is 5.20. The molecule has 2 aromatic rings. The lowest BCUT2D eigenvalue weighted by molar-refractivity contribution is -0.132. The third-order valence-electron chi connectivity index (χ3n) is 4.70. The first-order valence-corrected chi connectivity index (χ1v) is 9.04. The van der Waals surface area contributed by atoms with E-state index in [0.29, 0.717) is 30.5 Å². The van der Waals surface area contributed by atoms with Gasteiger partial charge < -0.3 is 13.9 Å². The van der Waals surface area contributed by atoms with Crippen molar-refractivity contribution in [1.29, 1.82) is 0 Å². The van der Waals surface area contributed by atoms with Crippen molar-refractivity contribution in [2.24, 2.45) is 7.05 Å². The Balaban J connectivity index is 1.57. The van der Waals surface area contributed by atoms with Gasteiger partial charge >= 0.3 is 0 Å². The molecule has 1 fully saturated rings. The van der Waals surface area contributed by atoms with Crippen molar-refractivity contribution in [3.05, 3.63) is 29.5 Å². The third kappa shape index (κ3) is 4.08. The quantitative estimate of drug-likeness (QED) is 0.832. The number of hydrogen-bond acceptors (Lipinski definition) is 5. The number of carbonyl (C=O) groups excluding carboxylic acids is 1. The summed E-state index contributed by atoms with van der Waals surface area (Å²) in [6.45, 7) is 7.58. The van der Waals surface area contributed by atoms with Gasteiger partial charge in [-0.15, -0.1) is 10.2 Å². The molecule has 1 saturated heterocycles. The molecule has 0 bridgehead atoms. The lowest BCUT2D eigenvalue weighted by atomic mass is 9.96. The summed E-state index contributed by atoms with van der Waals surface area (Å²) in [6, 6.07) is 0. The molecule has 0 spiro atoms. The summed E-state index contributed by atoms with van der Waals surface area (Å²) in [5.74, 6) is 2.93. The van der Waals surface area contributed by atoms with Gasteiger partial charge in [0.2, 0.25) is 17.7 Å². The number of nitrogens with zero attached hydrogens (tertiary/aromatic N) is 5. The minimum Gasteiger partial charge on any atom is -0.425 e. The second-order valence-electron chi connectivity index (χ2n) is 7.22. The van der Waals surface area contributed by atoms with Crippen molar-refractivity contribution in [2.75, 3.05) is 13.1 Å². The normalized spacial score (nSPS) is 18.1. The van der Waals surface area contributed by atoms with E-state index in [-0.39, 0.29) is 11.8 Å². The molecule has 0 saturated carbocycles. The number of aromatic nitrogens is 4. The molecule has 1 atom stereocenters. The van der Waals surface area contributed by atoms with Crippen LogP contribution in [0.3, 0.4) is 0 Å². The smallest absolute Gasteiger partial charge is 0.223 e. The van der Waals surface area contributed by atoms with Crippen molar-refractivity contribution in [3.8, 4) is 0 Å². The predicted octanol–water partition coefficient (Wildman–Crippen LogP) is 2.57. The summed E-state index contributed by atoms with van der Waals surface area (Å²) in [4.78, 5) is 19.2. The first-order valence-electron chi connectivity index (χ1n) is 9.04. The van der Waals surface area contributed by atoms with E-state index >= 15 is 0 Å². The molecule has 2 aromatic heterocycles. The van der Waals surface area contributed by atoms with Crippen molar-refractivity contribution in [1.82, 2.24) is 24.6 Å². The fourth-order valence-electron chi connectivity index (χ4n) is 3.40. The lowest BCUT2D eigenvalue weighted by Crippen LogP contribution is -2.39. The SMILES string of the molecule is Cc1cn(C)c([C@H]2CCCN(C(=O)CCc3nnc(C(C)C)o3)C2)n1. The molecule has 25 heavy (non-hydrogen) atoms. The Morgan fingerprint density at radius 3 is 2.84 bits per heavy atom. The highest BCUT2D eigenvalue weighted by molar-refractivity contribution is 5.76. The maximum Gasteiger partial charge on any atom is 0.223 e. The van der Waals surface area contributed by atoms with Gasteiger partial charge in [0, 0.05) is 51.0 Å². The number of piperidine rings is 1. The minimum absolute atomic E-state index is 0.153. The van der Waals surface area contributed by atoms with Gasteiger partial charge in [-0.05, 0) is 19.8 Å². The second-order valence-corrected chi connectivity index (χ2v) is 7.22. The van der Waals surface area contributed by atoms with E-state index in [1.165, 1.54) is 0 Å². The van der Waals surface area contributed by atoms with E-state index in [1.54, 1.807) is 0 Å². The highest BCUT2D eigenvalue weighted by atomic mass is 16.4. The Bertz CT molecular complexity index is 734. The maximum absolute atomic E-state index is 12.6. The molecule has 7 nitrogen and oxygen atoms in total. The summed E-state index contributed by atoms with van der Waals surface area (Å²) >= 11 is 0. The van der Waals surface area contributed by atoms with Gasteiger partial charge in [0.25, 0.3) is 0 Å². The zero-order chi connectivity index (χ0) is 18.0. The van der Waals surface area contributed by atoms with E-state index in [4.69, 9.17) is 4.42 Å². The monoisotopic (exact) mass is 345 g/mol. The summed E-state index contributed by atoms with van der Waals surface area (Å²) in [5, 5.41) is 8.05. The molecule has 0 radical (unpaired) electrons. The van der Waals surface area contributed by atoms with Gasteiger partial charge in [-0.3, -0.25) is 4.79 Å². The Morgan fingerprint density at radius 1 is 1.40 bits per heavy atom. The first-order chi connectivity index (χ1) is 11.9. The summed E-state index contributed by atoms with van der Waals surface area (Å²) in [7, 11) is 2.03. The zero-order valence-corrected chi connectivity index (χ0v) is 15.5. The van der Waals surface area contributed by atoms with E-state index < -0.39 is 0 Å². The maximum atomic E-state index is 12.6. The fourth-order valence-corrected chi connectivity index (χ4v) is 3.40. The van der Waals surface area contributed by atoms with Crippen LogP contribution in [-0.2, 0) is 18.3 Å². The highest BCUT2D eigenvalue weighted by Crippen LogP contribution is 2.26. The number of likely N-dealkylation sites (tertiary alicyclic amines) is 1. The summed E-state index contributed by atoms with van der Waals surface area (Å²) in [5.41, 5.74) is 1.03. The minimum atomic E-state index is 0.153. The van der Waals surface area contributed by atoms with E-state index in [2.05, 4.69) is 19.7 Å². The Labute approximate surface area is 148 Å². The van der Waals surface area contributed by atoms with Crippen LogP contribution in [0.1, 0.15) is 68.2 Å². The van der Waals surface area contributed by atoms with Crippen molar-refractivity contribution in [2.45, 2.75) is 58.3 Å². The standard InChI is InChI=1S/C18H27N5O2/c1-12(2)18-21-20-15(25-18)7-8-16(24)23-9-5-6-14(11-23)17-19-13(3)10-22(17)4/h10,12,14H,5-9,11H2,1-4H3/t14-/m0/s1. The molecule has 136 valence electrons. The van der Waals surface area contributed by atoms with Gasteiger partial charge in [0.1, 0.15) is 5.82 Å². The lowest BCUT2D eigenvalue weighted by Gasteiger charge is -2.32. The first kappa shape index (κ1) is 17.6. The van der Waals surface area contributed by atoms with Crippen LogP contribution in [0, 0.1) is 6.92 Å². The highest BCUT2D eigenvalue weighted by Gasteiger charge is 2.27. The molecular formula is C18H27N5O2. The van der Waals surface area contributed by atoms with Crippen LogP contribution in [-0.4, -0.2) is 43.6 Å². The molecule has 0 aliphatic carbocycles. The van der Waals surface area contributed by atoms with Crippen LogP contribution in [0.2, 0.25) is 0 Å². The van der Waals surface area contributed by atoms with Crippen LogP contribution < -0.4 is 0 Å². The van der Waals surface area contributed by atoms with E-state index in [9.17, 15) is 4.79 Å². The molecule has 1 aliphatic heterocycles. The van der Waals surface area contributed by atoms with Gasteiger partial charge in [-0.1, -0.05) is 13.8 Å². The van der Waals surface area contributed by atoms with Gasteiger partial charge in [0.15, 0.2) is 0 Å². The van der Waals surface area contributed by atoms with Crippen LogP contribution in [0.25, 0.3) is 0 Å². The van der Waals surface area contributed by atoms with Crippen molar-refractivity contribution >= 4 is 5.91 Å². The molecule has 0 unspecified atom stereocenters. The topological polar surface area (TPSA) is 77.0 Å². The van der Waals surface area contributed by atoms with Crippen LogP contribution in [0.15, 0.2) is 10.6 Å². The number of amides is 1. The van der Waals surface area contributed by atoms with Gasteiger partial charge in [-0.25, -0.2) is 4.98 Å². The van der Waals surface area contributed by atoms with E-state index in [0.717, 1.165) is 37.4 Å². The number of rotatable bonds is 5. The Morgan fingerprint density at radius 2 is 2.20 bits per heavy atom. The summed E-state index contributed by atoms with van der Waals surface area (Å²) < 4.78 is 7.67. The van der Waals surface area contributed by atoms with Crippen LogP contribution in [0.4, 0.5) is 0 Å². The average Bonchev–Trinajstić information content (AvgIpc) is 3.19. The molecule has 0 N–H and O–H groups in total. The van der Waals surface area contributed by atoms with Crippen molar-refractivity contribution < 1.29 is 9.21 Å². The molecule has 3 rings (SSSR count). The molecule has 1 aliphatic rings. The number of hydrogen-bond donors (Lipinski definition) is 0. The number of carbonyl (C=O) groups is 1. The Hall–Kier alpha value is -2.18. The van der Waals surface area contributed by atoms with Crippen LogP contribution >= 0.6 is 0 Å². The van der Waals surface area contributed by atoms with Gasteiger partial charge in [0.05, 0.1) is 5.69 Å². The zero-order valence-electron chi connectivity index (χ0n) is 15.5. The van der Waals surface area contributed by atoms with Crippen molar-refractivity contribution in [3.63, 3.8) is 0 Å².